The van der Waals surface area contributed by atoms with E-state index in [1.54, 1.807) is 39.3 Å². The van der Waals surface area contributed by atoms with E-state index in [1.165, 1.54) is 0 Å². The van der Waals surface area contributed by atoms with Gasteiger partial charge in [-0.05, 0) is 100 Å². The molecular weight excluding hydrogens is 1300 g/mol. The Morgan fingerprint density at radius 2 is 0.650 bits per heavy atom. The monoisotopic (exact) mass is 1360 g/mol. The van der Waals surface area contributed by atoms with Crippen LogP contribution in [-0.2, 0) is 20.1 Å². The van der Waals surface area contributed by atoms with Crippen LogP contribution in [0.1, 0.15) is 59.5 Å². The van der Waals surface area contributed by atoms with E-state index in [-0.39, 0.29) is 39.9 Å². The maximum atomic E-state index is 13.0. The van der Waals surface area contributed by atoms with E-state index in [2.05, 4.69) is 89.8 Å². The first kappa shape index (κ1) is 63.0. The molecule has 5 aromatic carbocycles. The first-order valence-corrected chi connectivity index (χ1v) is 34.0. The molecule has 0 radical (unpaired) electrons. The van der Waals surface area contributed by atoms with E-state index >= 15 is 0 Å². The zero-order valence-electron chi connectivity index (χ0n) is 56.6. The summed E-state index contributed by atoms with van der Waals surface area (Å²) in [6.45, 7) is 11.4. The summed E-state index contributed by atoms with van der Waals surface area (Å²) < 4.78 is 8.83. The summed E-state index contributed by atoms with van der Waals surface area (Å²) in [5, 5.41) is 54.8. The number of H-pyrrole nitrogens is 5. The lowest BCUT2D eigenvalue weighted by Gasteiger charge is -2.10. The molecule has 20 aromatic rings. The van der Waals surface area contributed by atoms with Crippen LogP contribution in [0.5, 0.6) is 0 Å². The van der Waals surface area contributed by atoms with Crippen molar-refractivity contribution in [2.24, 2.45) is 13.0 Å². The van der Waals surface area contributed by atoms with Crippen LogP contribution in [0.4, 0.5) is 0 Å². The molecule has 15 heterocycles. The van der Waals surface area contributed by atoms with Gasteiger partial charge in [-0.3, -0.25) is 46.8 Å². The number of benzene rings is 5. The highest BCUT2D eigenvalue weighted by Crippen LogP contribution is 2.38. The van der Waals surface area contributed by atoms with Crippen LogP contribution in [0, 0.1) is 5.92 Å². The van der Waals surface area contributed by atoms with E-state index in [0.717, 1.165) is 150 Å². The quantitative estimate of drug-likeness (QED) is 0.107. The topological polar surface area (TPSA) is 318 Å². The average molecular weight is 1360 g/mol. The Balaban J connectivity index is 0.0000000955. The number of nitrogens with zero attached hydrogens (tertiary/aromatic N) is 15. The fourth-order valence-electron chi connectivity index (χ4n) is 14.4. The standard InChI is InChI=1S/C17H16N4O.C16H12N4O.C16H14N4O.C15H12N4O.C14H10N4O/c1-10(2)9-21-16-14-13(7-8-18-16)19-20-15(14)11-5-3-4-6-12(11)17(21)22;21-16-11-4-2-1-3-10(11)14-13-12(18-19-14)7-8-17-15(13)20(16)9-5-6-9;1-9(2)20-15-13-12(7-8-17-15)18-19-14(13)10-5-3-4-6-11(10)16(20)21;1-2-19-14-12-11(7-8-16-14)17-18-13(12)9-5-3-4-6-10(9)15(19)20;1-18-13-11-10(6-7-15-13)16-17-12(11)8-4-2-3-5-9(8)14(18)19/h3-8,10,18H,9H2,1-2H3;1-4,7-9,17H,5-6H2;3-9,17H,1-2H3;3-8,16H,2H2,1H3;2-7,15H,1H3. The fraction of sp³-hybridized carbons (Fsp3) is 0.167. The number of rotatable bonds is 5. The Kier molecular flexibility index (Phi) is 15.3. The maximum Gasteiger partial charge on any atom is 0.260 e. The Hall–Kier alpha value is -13.5. The maximum absolute atomic E-state index is 13.0. The zero-order valence-corrected chi connectivity index (χ0v) is 56.6. The molecule has 0 saturated heterocycles. The van der Waals surface area contributed by atoms with E-state index in [4.69, 9.17) is 0 Å². The summed E-state index contributed by atoms with van der Waals surface area (Å²) in [4.78, 5) is 80.2. The number of aromatic amines is 5. The van der Waals surface area contributed by atoms with Crippen molar-refractivity contribution in [1.29, 1.82) is 0 Å². The molecule has 1 aliphatic rings. The lowest BCUT2D eigenvalue weighted by atomic mass is 10.1. The normalized spacial score (nSPS) is 12.5. The lowest BCUT2D eigenvalue weighted by Crippen LogP contribution is -2.21. The Morgan fingerprint density at radius 3 is 1.03 bits per heavy atom. The molecule has 0 unspecified atom stereocenters. The predicted molar refractivity (Wildman–Crippen MR) is 406 cm³/mol. The van der Waals surface area contributed by atoms with Crippen molar-refractivity contribution in [1.82, 2.24) is 98.7 Å². The van der Waals surface area contributed by atoms with E-state index in [9.17, 15) is 24.0 Å². The summed E-state index contributed by atoms with van der Waals surface area (Å²) in [5.41, 5.74) is 11.8. The van der Waals surface area contributed by atoms with Crippen LogP contribution < -0.4 is 27.8 Å². The van der Waals surface area contributed by atoms with Gasteiger partial charge in [-0.1, -0.05) is 105 Å². The highest BCUT2D eigenvalue weighted by Gasteiger charge is 2.29. The lowest BCUT2D eigenvalue weighted by molar-refractivity contribution is 0.523. The molecule has 1 fully saturated rings. The SMILES string of the molecule is CC(C)Cn1c(=O)c2ccccc2c2nnc3cc[nH]c1c32.CC(C)n1c(=O)c2ccccc2c2nnc3cc[nH]c1c32.CCn1c(=O)c2ccccc2c2nnc3cc[nH]c1c32.Cn1c(=O)c2ccccc2c2nnc3cc[nH]c1c32.O=c1c2ccccc2c2nnc3cc[nH]c(c32)n1C1CC1. The molecule has 0 amide bonds. The van der Waals surface area contributed by atoms with Gasteiger partial charge in [0, 0.05) is 117 Å². The Bertz CT molecular complexity index is 7000. The number of aromatic nitrogens is 20. The third-order valence-corrected chi connectivity index (χ3v) is 19.2. The first-order valence-electron chi connectivity index (χ1n) is 34.0. The molecule has 506 valence electrons. The van der Waals surface area contributed by atoms with Crippen LogP contribution in [0.2, 0.25) is 0 Å². The molecule has 0 spiro atoms. The van der Waals surface area contributed by atoms with Crippen molar-refractivity contribution in [3.63, 3.8) is 0 Å². The molecule has 25 heteroatoms. The smallest absolute Gasteiger partial charge is 0.260 e. The average Bonchev–Trinajstić information content (AvgIpc) is 1.57. The molecule has 1 saturated carbocycles. The number of nitrogens with one attached hydrogen (secondary N) is 5. The second-order valence-electron chi connectivity index (χ2n) is 26.3. The van der Waals surface area contributed by atoms with Crippen molar-refractivity contribution >= 4 is 164 Å². The zero-order chi connectivity index (χ0) is 70.5. The fourth-order valence-corrected chi connectivity index (χ4v) is 14.4. The molecule has 15 aromatic heterocycles. The van der Waals surface area contributed by atoms with Crippen molar-refractivity contribution in [3.05, 3.63) is 234 Å². The molecule has 0 atom stereocenters. The number of aryl methyl sites for hydroxylation is 2. The number of hydrogen-bond donors (Lipinski definition) is 5. The summed E-state index contributed by atoms with van der Waals surface area (Å²) >= 11 is 0. The minimum absolute atomic E-state index is 0.00560. The second-order valence-corrected chi connectivity index (χ2v) is 26.3. The molecule has 0 bridgehead atoms. The van der Waals surface area contributed by atoms with Gasteiger partial charge in [0.2, 0.25) is 0 Å². The highest BCUT2D eigenvalue weighted by atomic mass is 16.1. The summed E-state index contributed by atoms with van der Waals surface area (Å²) in [5.74, 6) is 0.359. The summed E-state index contributed by atoms with van der Waals surface area (Å²) in [6, 6.07) is 47.6. The van der Waals surface area contributed by atoms with Gasteiger partial charge in [0.15, 0.2) is 0 Å². The van der Waals surface area contributed by atoms with Gasteiger partial charge in [-0.15, -0.1) is 51.0 Å². The van der Waals surface area contributed by atoms with Crippen LogP contribution in [0.15, 0.2) is 207 Å². The predicted octanol–water partition coefficient (Wildman–Crippen LogP) is 13.3. The summed E-state index contributed by atoms with van der Waals surface area (Å²) in [7, 11) is 1.76. The van der Waals surface area contributed by atoms with E-state index in [1.807, 2.05) is 194 Å². The molecule has 5 N–H and O–H groups in total. The van der Waals surface area contributed by atoms with Crippen molar-refractivity contribution in [2.45, 2.75) is 72.6 Å². The molecule has 0 aliphatic heterocycles. The van der Waals surface area contributed by atoms with Crippen molar-refractivity contribution in [3.8, 4) is 0 Å². The number of hydrogen-bond acceptors (Lipinski definition) is 15. The van der Waals surface area contributed by atoms with Gasteiger partial charge in [0.05, 0.1) is 26.9 Å². The Morgan fingerprint density at radius 1 is 0.350 bits per heavy atom. The molecular formula is C78H64N20O5. The third kappa shape index (κ3) is 10.3. The van der Waals surface area contributed by atoms with Gasteiger partial charge in [-0.2, -0.15) is 0 Å². The van der Waals surface area contributed by atoms with Crippen molar-refractivity contribution < 1.29 is 0 Å². The van der Waals surface area contributed by atoms with Crippen molar-refractivity contribution in [2.75, 3.05) is 0 Å². The second kappa shape index (κ2) is 25.1. The number of pyridine rings is 5. The van der Waals surface area contributed by atoms with Gasteiger partial charge in [0.1, 0.15) is 83.4 Å². The van der Waals surface area contributed by atoms with Crippen LogP contribution in [-0.4, -0.2) is 98.7 Å². The van der Waals surface area contributed by atoms with Gasteiger partial charge in [-0.25, -0.2) is 0 Å². The van der Waals surface area contributed by atoms with Gasteiger partial charge >= 0.3 is 0 Å². The number of fused-ring (bicyclic) bond motifs is 10. The van der Waals surface area contributed by atoms with Crippen LogP contribution in [0.3, 0.4) is 0 Å². The minimum Gasteiger partial charge on any atom is -0.347 e. The third-order valence-electron chi connectivity index (χ3n) is 19.2. The van der Waals surface area contributed by atoms with Crippen LogP contribution >= 0.6 is 0 Å². The molecule has 1 aliphatic carbocycles. The molecule has 25 nitrogen and oxygen atoms in total. The molecule has 21 rings (SSSR count). The minimum atomic E-state index is -0.0441. The van der Waals surface area contributed by atoms with Gasteiger partial charge < -0.3 is 24.9 Å². The largest absolute Gasteiger partial charge is 0.347 e. The first-order chi connectivity index (χ1) is 50.3. The van der Waals surface area contributed by atoms with E-state index < -0.39 is 0 Å². The Labute approximate surface area is 580 Å². The highest BCUT2D eigenvalue weighted by molar-refractivity contribution is 6.18. The summed E-state index contributed by atoms with van der Waals surface area (Å²) in [6.07, 6.45) is 11.1. The van der Waals surface area contributed by atoms with E-state index in [0.29, 0.717) is 45.9 Å². The van der Waals surface area contributed by atoms with Gasteiger partial charge in [0.25, 0.3) is 27.8 Å². The molecule has 103 heavy (non-hydrogen) atoms. The van der Waals surface area contributed by atoms with Crippen LogP contribution in [0.25, 0.3) is 164 Å².